The third kappa shape index (κ3) is 4.79. The van der Waals surface area contributed by atoms with Gasteiger partial charge in [-0.15, -0.1) is 5.11 Å². The molecular formula is C21H23N3O6S2. The molecule has 0 saturated carbocycles. The summed E-state index contributed by atoms with van der Waals surface area (Å²) in [5, 5.41) is 23.0. The van der Waals surface area contributed by atoms with Crippen LogP contribution in [0.2, 0.25) is 0 Å². The van der Waals surface area contributed by atoms with Gasteiger partial charge in [-0.3, -0.25) is 4.55 Å². The lowest BCUT2D eigenvalue weighted by atomic mass is 10.0. The van der Waals surface area contributed by atoms with E-state index in [0.717, 1.165) is 11.0 Å². The molecule has 0 heterocycles. The van der Waals surface area contributed by atoms with Gasteiger partial charge in [0.1, 0.15) is 10.6 Å². The fourth-order valence-electron chi connectivity index (χ4n) is 3.03. The summed E-state index contributed by atoms with van der Waals surface area (Å²) in [4.78, 5) is -0.609. The fourth-order valence-corrected chi connectivity index (χ4v) is 4.40. The number of aryl methyl sites for hydroxylation is 1. The summed E-state index contributed by atoms with van der Waals surface area (Å²) in [5.41, 5.74) is 1.09. The first-order valence-electron chi connectivity index (χ1n) is 8.83. The Labute approximate surface area is 186 Å². The lowest BCUT2D eigenvalue weighted by Gasteiger charge is -2.13. The number of sulfone groups is 1. The monoisotopic (exact) mass is 477 g/mol. The van der Waals surface area contributed by atoms with Gasteiger partial charge >= 0.3 is 0 Å². The van der Waals surface area contributed by atoms with E-state index >= 15 is 0 Å². The molecule has 0 aliphatic heterocycles. The maximum atomic E-state index is 11.9. The molecule has 0 aliphatic carbocycles. The predicted octanol–water partition coefficient (Wildman–Crippen LogP) is 5.11. The molecule has 0 saturated heterocycles. The molecule has 3 N–H and O–H groups in total. The van der Waals surface area contributed by atoms with E-state index in [-0.39, 0.29) is 18.0 Å². The molecule has 0 aliphatic rings. The van der Waals surface area contributed by atoms with Crippen LogP contribution in [-0.2, 0) is 20.0 Å². The minimum Gasteiger partial charge on any atom is -0.505 e. The first-order valence-corrected chi connectivity index (χ1v) is 11.8. The van der Waals surface area contributed by atoms with Crippen molar-refractivity contribution in [3.8, 4) is 5.75 Å². The summed E-state index contributed by atoms with van der Waals surface area (Å²) in [5.74, 6) is -0.482. The molecule has 3 aromatic carbocycles. The molecule has 0 atom stereocenters. The minimum absolute atomic E-state index is 0. The van der Waals surface area contributed by atoms with Crippen molar-refractivity contribution in [2.45, 2.75) is 24.1 Å². The van der Waals surface area contributed by atoms with E-state index in [1.807, 2.05) is 0 Å². The largest absolute Gasteiger partial charge is 0.505 e. The maximum Gasteiger partial charge on any atom is 0.296 e. The lowest BCUT2D eigenvalue weighted by molar-refractivity contribution is 0.472. The van der Waals surface area contributed by atoms with Crippen molar-refractivity contribution in [3.63, 3.8) is 0 Å². The van der Waals surface area contributed by atoms with Gasteiger partial charge in [-0.1, -0.05) is 20.1 Å². The highest BCUT2D eigenvalue weighted by Gasteiger charge is 2.23. The number of anilines is 1. The van der Waals surface area contributed by atoms with Crippen LogP contribution in [0.15, 0.2) is 74.5 Å². The van der Waals surface area contributed by atoms with E-state index in [9.17, 15) is 26.5 Å². The van der Waals surface area contributed by atoms with Gasteiger partial charge in [-0.05, 0) is 54.3 Å². The molecule has 0 aromatic heterocycles. The minimum atomic E-state index is -4.74. The number of nitrogens with zero attached hydrogens (tertiary/aromatic N) is 2. The number of phenols is 1. The van der Waals surface area contributed by atoms with E-state index in [4.69, 9.17) is 0 Å². The van der Waals surface area contributed by atoms with Crippen LogP contribution in [0.25, 0.3) is 10.8 Å². The topological polar surface area (TPSA) is 145 Å². The molecule has 0 bridgehead atoms. The Morgan fingerprint density at radius 3 is 2.19 bits per heavy atom. The van der Waals surface area contributed by atoms with E-state index in [1.165, 1.54) is 30.3 Å². The van der Waals surface area contributed by atoms with Gasteiger partial charge in [0.05, 0.1) is 10.6 Å². The number of benzene rings is 3. The number of phenolic OH excluding ortho intramolecular Hbond substituents is 1. The van der Waals surface area contributed by atoms with Gasteiger partial charge in [0.2, 0.25) is 0 Å². The molecule has 0 spiro atoms. The molecule has 32 heavy (non-hydrogen) atoms. The summed E-state index contributed by atoms with van der Waals surface area (Å²) in [6.07, 6.45) is 0. The Kier molecular flexibility index (Phi) is 7.08. The summed E-state index contributed by atoms with van der Waals surface area (Å²) < 4.78 is 57.1. The Bertz CT molecular complexity index is 1430. The number of nitrogens with one attached hydrogen (secondary N) is 1. The molecule has 170 valence electrons. The Morgan fingerprint density at radius 1 is 1.03 bits per heavy atom. The van der Waals surface area contributed by atoms with E-state index < -0.39 is 36.3 Å². The zero-order valence-corrected chi connectivity index (χ0v) is 18.2. The van der Waals surface area contributed by atoms with Crippen LogP contribution in [0, 0.1) is 6.92 Å². The molecule has 0 unspecified atom stereocenters. The van der Waals surface area contributed by atoms with Crippen molar-refractivity contribution in [3.05, 3.63) is 60.0 Å². The molecule has 3 aromatic rings. The highest BCUT2D eigenvalue weighted by Crippen LogP contribution is 2.44. The number of aromatic hydroxyl groups is 1. The lowest BCUT2D eigenvalue weighted by Crippen LogP contribution is -2.00. The zero-order valence-electron chi connectivity index (χ0n) is 16.6. The summed E-state index contributed by atoms with van der Waals surface area (Å²) in [6, 6.07) is 9.90. The normalized spacial score (nSPS) is 12.0. The van der Waals surface area contributed by atoms with Crippen LogP contribution >= 0.6 is 0 Å². The van der Waals surface area contributed by atoms with Crippen LogP contribution in [0.5, 0.6) is 5.75 Å². The highest BCUT2D eigenvalue weighted by atomic mass is 32.2. The summed E-state index contributed by atoms with van der Waals surface area (Å²) in [7, 11) is -6.71. The summed E-state index contributed by atoms with van der Waals surface area (Å²) >= 11 is 0. The first-order chi connectivity index (χ1) is 14.5. The molecule has 3 rings (SSSR count). The fraction of sp³-hybridized carbons (Fsp3) is 0.143. The smallest absolute Gasteiger partial charge is 0.296 e. The average molecular weight is 478 g/mol. The van der Waals surface area contributed by atoms with Crippen molar-refractivity contribution < 1.29 is 26.5 Å². The summed E-state index contributed by atoms with van der Waals surface area (Å²) in [6.45, 7) is 5.05. The Hall–Kier alpha value is -3.28. The van der Waals surface area contributed by atoms with Crippen LogP contribution in [0.3, 0.4) is 0 Å². The van der Waals surface area contributed by atoms with Gasteiger partial charge in [0.15, 0.2) is 15.6 Å². The number of hydrogen-bond donors (Lipinski definition) is 3. The molecular weight excluding hydrogens is 454 g/mol. The third-order valence-electron chi connectivity index (χ3n) is 4.49. The third-order valence-corrected chi connectivity index (χ3v) is 6.73. The molecule has 0 amide bonds. The number of fused-ring (bicyclic) bond motifs is 1. The second kappa shape index (κ2) is 9.07. The second-order valence-electron chi connectivity index (χ2n) is 6.61. The van der Waals surface area contributed by atoms with Gasteiger partial charge in [0.25, 0.3) is 10.1 Å². The van der Waals surface area contributed by atoms with Gasteiger partial charge in [0, 0.05) is 23.5 Å². The van der Waals surface area contributed by atoms with Gasteiger partial charge in [-0.25, -0.2) is 8.42 Å². The Morgan fingerprint density at radius 2 is 1.66 bits per heavy atom. The number of hydrogen-bond acceptors (Lipinski definition) is 8. The van der Waals surface area contributed by atoms with Crippen LogP contribution < -0.4 is 5.32 Å². The van der Waals surface area contributed by atoms with Crippen LogP contribution in [0.4, 0.5) is 17.1 Å². The van der Waals surface area contributed by atoms with E-state index in [0.29, 0.717) is 16.5 Å². The van der Waals surface area contributed by atoms with Crippen LogP contribution in [0.1, 0.15) is 13.0 Å². The van der Waals surface area contributed by atoms with Gasteiger partial charge in [-0.2, -0.15) is 13.5 Å². The Balaban J connectivity index is 0.00000363. The van der Waals surface area contributed by atoms with Crippen molar-refractivity contribution in [1.29, 1.82) is 0 Å². The van der Waals surface area contributed by atoms with E-state index in [2.05, 4.69) is 22.1 Å². The number of azo groups is 1. The zero-order chi connectivity index (χ0) is 23.0. The average Bonchev–Trinajstić information content (AvgIpc) is 2.71. The molecule has 9 nitrogen and oxygen atoms in total. The van der Waals surface area contributed by atoms with Crippen molar-refractivity contribution in [2.75, 3.05) is 12.4 Å². The van der Waals surface area contributed by atoms with E-state index in [1.54, 1.807) is 26.1 Å². The van der Waals surface area contributed by atoms with Crippen molar-refractivity contribution in [2.24, 2.45) is 10.2 Å². The molecule has 0 radical (unpaired) electrons. The second-order valence-corrected chi connectivity index (χ2v) is 9.90. The first kappa shape index (κ1) is 25.0. The van der Waals surface area contributed by atoms with Crippen LogP contribution in [-0.4, -0.2) is 33.5 Å². The number of rotatable bonds is 6. The van der Waals surface area contributed by atoms with Gasteiger partial charge < -0.3 is 10.4 Å². The van der Waals surface area contributed by atoms with Crippen molar-refractivity contribution in [1.82, 2.24) is 0 Å². The standard InChI is InChI=1S/C20H19N3O6S2.CH4/c1-4-30(25,26)15-7-5-14(6-8-15)22-23-19-17(31(27,28)29)11-13-9-12(2)10-16(21-3)18(13)20(19)24;/h4-11,21,24H,1H2,2-3H3,(H,27,28,29);1H4. The highest BCUT2D eigenvalue weighted by molar-refractivity contribution is 7.94. The maximum absolute atomic E-state index is 11.9. The quantitative estimate of drug-likeness (QED) is 0.330. The van der Waals surface area contributed by atoms with Crippen molar-refractivity contribution >= 4 is 47.8 Å². The predicted molar refractivity (Wildman–Crippen MR) is 124 cm³/mol. The molecule has 11 heteroatoms. The molecule has 0 fully saturated rings. The SMILES string of the molecule is C.C=CS(=O)(=O)c1ccc(N=Nc2c(S(=O)(=O)O)cc3cc(C)cc(NC)c3c2O)cc1.